The highest BCUT2D eigenvalue weighted by Gasteiger charge is 1.87. The van der Waals surface area contributed by atoms with Crippen LogP contribution < -0.4 is 0 Å². The van der Waals surface area contributed by atoms with E-state index in [-0.39, 0.29) is 6.61 Å². The first-order valence-electron chi connectivity index (χ1n) is 3.95. The Morgan fingerprint density at radius 2 is 1.50 bits per heavy atom. The van der Waals surface area contributed by atoms with Crippen LogP contribution >= 0.6 is 0 Å². The Labute approximate surface area is 84.1 Å². The largest absolute Gasteiger partial charge is 0.506 e. The van der Waals surface area contributed by atoms with Crippen molar-refractivity contribution in [3.63, 3.8) is 0 Å². The van der Waals surface area contributed by atoms with E-state index >= 15 is 0 Å². The molecule has 0 saturated heterocycles. The molecule has 0 radical (unpaired) electrons. The van der Waals surface area contributed by atoms with Crippen molar-refractivity contribution in [1.29, 1.82) is 0 Å². The summed E-state index contributed by atoms with van der Waals surface area (Å²) in [5.74, 6) is 0. The summed E-state index contributed by atoms with van der Waals surface area (Å²) in [6, 6.07) is 0. The lowest BCUT2D eigenvalue weighted by molar-refractivity contribution is 0.102. The Morgan fingerprint density at radius 3 is 1.71 bits per heavy atom. The summed E-state index contributed by atoms with van der Waals surface area (Å²) in [5.41, 5.74) is 0. The van der Waals surface area contributed by atoms with E-state index in [1.165, 1.54) is 6.08 Å². The molecule has 0 bridgehead atoms. The molecule has 1 N–H and O–H groups in total. The van der Waals surface area contributed by atoms with E-state index in [1.54, 1.807) is 12.2 Å². The monoisotopic (exact) mass is 200 g/mol. The summed E-state index contributed by atoms with van der Waals surface area (Å²) in [7, 11) is 0. The third kappa shape index (κ3) is 22.4. The minimum atomic E-state index is -1.26. The summed E-state index contributed by atoms with van der Waals surface area (Å²) in [5, 5.41) is 7.77. The van der Waals surface area contributed by atoms with Gasteiger partial charge in [-0.2, -0.15) is 0 Å². The summed E-state index contributed by atoms with van der Waals surface area (Å²) in [6.07, 6.45) is 3.53. The van der Waals surface area contributed by atoms with Crippen molar-refractivity contribution in [3.05, 3.63) is 38.0 Å². The second-order valence-electron chi connectivity index (χ2n) is 1.98. The molecule has 14 heavy (non-hydrogen) atoms. The fourth-order valence-electron chi connectivity index (χ4n) is 0.365. The molecule has 0 saturated carbocycles. The minimum absolute atomic E-state index is 0.0648. The first-order valence-corrected chi connectivity index (χ1v) is 3.95. The molecule has 0 rings (SSSR count). The van der Waals surface area contributed by atoms with Crippen molar-refractivity contribution in [2.75, 3.05) is 19.8 Å². The van der Waals surface area contributed by atoms with E-state index < -0.39 is 6.16 Å². The second-order valence-corrected chi connectivity index (χ2v) is 1.98. The predicted molar refractivity (Wildman–Crippen MR) is 55.4 cm³/mol. The predicted octanol–water partition coefficient (Wildman–Crippen LogP) is 2.24. The van der Waals surface area contributed by atoms with Crippen LogP contribution in [0.2, 0.25) is 0 Å². The standard InChI is InChI=1S/C6H10O.C4H6O3/c1-3-5-7-6-4-2;1-2-3-7-4(5)6/h3-4H,1-2,5-6H2;2H,1,3H2,(H,5,6). The fourth-order valence-corrected chi connectivity index (χ4v) is 0.365. The third-order valence-electron chi connectivity index (χ3n) is 0.796. The van der Waals surface area contributed by atoms with Crippen LogP contribution in [-0.4, -0.2) is 31.1 Å². The molecule has 80 valence electrons. The zero-order chi connectivity index (χ0) is 11.2. The SMILES string of the molecule is C=CCOC(=O)O.C=CCOCC=C. The Morgan fingerprint density at radius 1 is 1.07 bits per heavy atom. The van der Waals surface area contributed by atoms with Gasteiger partial charge in [0.1, 0.15) is 6.61 Å². The minimum Gasteiger partial charge on any atom is -0.450 e. The Kier molecular flexibility index (Phi) is 14.9. The number of carboxylic acid groups (broad SMARTS) is 1. The van der Waals surface area contributed by atoms with Gasteiger partial charge in [-0.05, 0) is 0 Å². The number of hydrogen-bond donors (Lipinski definition) is 1. The van der Waals surface area contributed by atoms with Gasteiger partial charge < -0.3 is 14.6 Å². The topological polar surface area (TPSA) is 55.8 Å². The molecule has 0 aliphatic rings. The van der Waals surface area contributed by atoms with Crippen molar-refractivity contribution in [2.45, 2.75) is 0 Å². The molecule has 0 fully saturated rings. The Bertz CT molecular complexity index is 167. The fraction of sp³-hybridized carbons (Fsp3) is 0.300. The maximum absolute atomic E-state index is 9.49. The van der Waals surface area contributed by atoms with Crippen molar-refractivity contribution in [2.24, 2.45) is 0 Å². The average molecular weight is 200 g/mol. The molecule has 4 heteroatoms. The van der Waals surface area contributed by atoms with Crippen LogP contribution in [0, 0.1) is 0 Å². The smallest absolute Gasteiger partial charge is 0.450 e. The number of ether oxygens (including phenoxy) is 2. The molecule has 0 aromatic heterocycles. The van der Waals surface area contributed by atoms with E-state index in [1.807, 2.05) is 0 Å². The highest BCUT2D eigenvalue weighted by atomic mass is 16.7. The van der Waals surface area contributed by atoms with Gasteiger partial charge >= 0.3 is 6.16 Å². The number of rotatable bonds is 6. The lowest BCUT2D eigenvalue weighted by Crippen LogP contribution is -1.98. The van der Waals surface area contributed by atoms with Gasteiger partial charge in [-0.1, -0.05) is 24.8 Å². The molecule has 0 aliphatic carbocycles. The maximum atomic E-state index is 9.49. The highest BCUT2D eigenvalue weighted by Crippen LogP contribution is 1.73. The van der Waals surface area contributed by atoms with Crippen molar-refractivity contribution >= 4 is 6.16 Å². The van der Waals surface area contributed by atoms with Gasteiger partial charge in [-0.3, -0.25) is 0 Å². The van der Waals surface area contributed by atoms with Crippen LogP contribution in [0.15, 0.2) is 38.0 Å². The third-order valence-corrected chi connectivity index (χ3v) is 0.796. The quantitative estimate of drug-likeness (QED) is 0.406. The highest BCUT2D eigenvalue weighted by molar-refractivity contribution is 5.56. The summed E-state index contributed by atoms with van der Waals surface area (Å²) in [4.78, 5) is 9.49. The summed E-state index contributed by atoms with van der Waals surface area (Å²) < 4.78 is 8.89. The van der Waals surface area contributed by atoms with E-state index in [4.69, 9.17) is 9.84 Å². The van der Waals surface area contributed by atoms with Crippen molar-refractivity contribution in [3.8, 4) is 0 Å². The molecular formula is C10H16O4. The summed E-state index contributed by atoms with van der Waals surface area (Å²) in [6.45, 7) is 11.5. The zero-order valence-electron chi connectivity index (χ0n) is 8.15. The van der Waals surface area contributed by atoms with E-state index in [0.717, 1.165) is 0 Å². The molecule has 0 aromatic rings. The maximum Gasteiger partial charge on any atom is 0.506 e. The molecular weight excluding hydrogens is 184 g/mol. The molecule has 4 nitrogen and oxygen atoms in total. The van der Waals surface area contributed by atoms with Gasteiger partial charge in [0.15, 0.2) is 0 Å². The van der Waals surface area contributed by atoms with Crippen molar-refractivity contribution < 1.29 is 19.4 Å². The molecule has 0 spiro atoms. The van der Waals surface area contributed by atoms with Gasteiger partial charge in [0.05, 0.1) is 13.2 Å². The Balaban J connectivity index is 0. The summed E-state index contributed by atoms with van der Waals surface area (Å²) >= 11 is 0. The first kappa shape index (κ1) is 14.9. The van der Waals surface area contributed by atoms with Crippen LogP contribution in [0.1, 0.15) is 0 Å². The molecule has 0 aliphatic heterocycles. The second kappa shape index (κ2) is 14.0. The molecule has 0 unspecified atom stereocenters. The van der Waals surface area contributed by atoms with E-state index in [2.05, 4.69) is 24.5 Å². The lowest BCUT2D eigenvalue weighted by Gasteiger charge is -1.89. The van der Waals surface area contributed by atoms with Crippen LogP contribution in [0.3, 0.4) is 0 Å². The van der Waals surface area contributed by atoms with Gasteiger partial charge in [0.25, 0.3) is 0 Å². The molecule has 0 heterocycles. The number of carbonyl (C=O) groups is 1. The normalized spacial score (nSPS) is 7.71. The molecule has 0 atom stereocenters. The Hall–Kier alpha value is -1.55. The molecule has 0 amide bonds. The lowest BCUT2D eigenvalue weighted by atomic mass is 10.6. The van der Waals surface area contributed by atoms with Crippen LogP contribution in [-0.2, 0) is 9.47 Å². The average Bonchev–Trinajstić information content (AvgIpc) is 2.16. The van der Waals surface area contributed by atoms with Gasteiger partial charge in [0, 0.05) is 0 Å². The van der Waals surface area contributed by atoms with Gasteiger partial charge in [0.2, 0.25) is 0 Å². The number of hydrogen-bond acceptors (Lipinski definition) is 3. The first-order chi connectivity index (χ1) is 6.68. The van der Waals surface area contributed by atoms with Crippen molar-refractivity contribution in [1.82, 2.24) is 0 Å². The van der Waals surface area contributed by atoms with Gasteiger partial charge in [-0.15, -0.1) is 13.2 Å². The van der Waals surface area contributed by atoms with E-state index in [9.17, 15) is 4.79 Å². The van der Waals surface area contributed by atoms with Crippen LogP contribution in [0.4, 0.5) is 4.79 Å². The van der Waals surface area contributed by atoms with Crippen LogP contribution in [0.25, 0.3) is 0 Å². The van der Waals surface area contributed by atoms with Gasteiger partial charge in [-0.25, -0.2) is 4.79 Å². The van der Waals surface area contributed by atoms with E-state index in [0.29, 0.717) is 13.2 Å². The zero-order valence-corrected chi connectivity index (χ0v) is 8.15. The van der Waals surface area contributed by atoms with Crippen LogP contribution in [0.5, 0.6) is 0 Å². The molecule has 0 aromatic carbocycles.